The van der Waals surface area contributed by atoms with Gasteiger partial charge in [0, 0.05) is 13.7 Å². The van der Waals surface area contributed by atoms with Gasteiger partial charge in [0.25, 0.3) is 0 Å². The number of benzene rings is 1. The summed E-state index contributed by atoms with van der Waals surface area (Å²) in [4.78, 5) is 12.7. The number of carbonyl (C=O) groups excluding carboxylic acids is 1. The van der Waals surface area contributed by atoms with Crippen molar-refractivity contribution in [2.24, 2.45) is 0 Å². The van der Waals surface area contributed by atoms with Crippen molar-refractivity contribution in [3.05, 3.63) is 35.6 Å². The predicted octanol–water partition coefficient (Wildman–Crippen LogP) is 2.15. The summed E-state index contributed by atoms with van der Waals surface area (Å²) in [6.07, 6.45) is 3.27. The zero-order valence-corrected chi connectivity index (χ0v) is 13.0. The van der Waals surface area contributed by atoms with E-state index in [4.69, 9.17) is 4.74 Å². The monoisotopic (exact) mass is 309 g/mol. The first-order valence-electron chi connectivity index (χ1n) is 7.80. The summed E-state index contributed by atoms with van der Waals surface area (Å²) in [5.74, 6) is -0.382. The highest BCUT2D eigenvalue weighted by Crippen LogP contribution is 2.41. The van der Waals surface area contributed by atoms with Gasteiger partial charge in [-0.3, -0.25) is 4.79 Å². The van der Waals surface area contributed by atoms with Gasteiger partial charge in [-0.05, 0) is 37.0 Å². The highest BCUT2D eigenvalue weighted by molar-refractivity contribution is 5.88. The molecular weight excluding hydrogens is 285 g/mol. The molecule has 1 aromatic carbocycles. The van der Waals surface area contributed by atoms with Crippen molar-refractivity contribution in [2.75, 3.05) is 20.3 Å². The second kappa shape index (κ2) is 7.70. The van der Waals surface area contributed by atoms with Gasteiger partial charge in [0.1, 0.15) is 5.82 Å². The van der Waals surface area contributed by atoms with Crippen molar-refractivity contribution < 1.29 is 19.0 Å². The third-order valence-electron chi connectivity index (χ3n) is 4.39. The number of hydrogen-bond donors (Lipinski definition) is 2. The van der Waals surface area contributed by atoms with E-state index in [0.717, 1.165) is 31.2 Å². The van der Waals surface area contributed by atoms with Crippen molar-refractivity contribution in [1.29, 1.82) is 0 Å². The summed E-state index contributed by atoms with van der Waals surface area (Å²) in [7, 11) is 1.53. The molecule has 2 N–H and O–H groups in total. The summed E-state index contributed by atoms with van der Waals surface area (Å²) in [5.41, 5.74) is 0.119. The minimum atomic E-state index is -0.631. The third kappa shape index (κ3) is 3.84. The summed E-state index contributed by atoms with van der Waals surface area (Å²) < 4.78 is 18.4. The second-order valence-corrected chi connectivity index (χ2v) is 5.95. The fourth-order valence-corrected chi connectivity index (χ4v) is 3.21. The van der Waals surface area contributed by atoms with Gasteiger partial charge in [-0.1, -0.05) is 25.0 Å². The minimum absolute atomic E-state index is 0.0692. The van der Waals surface area contributed by atoms with Crippen LogP contribution in [0.3, 0.4) is 0 Å². The number of aliphatic hydroxyl groups is 1. The molecule has 0 radical (unpaired) electrons. The van der Waals surface area contributed by atoms with Crippen molar-refractivity contribution >= 4 is 5.91 Å². The van der Waals surface area contributed by atoms with Gasteiger partial charge >= 0.3 is 0 Å². The van der Waals surface area contributed by atoms with Crippen LogP contribution >= 0.6 is 0 Å². The Labute approximate surface area is 130 Å². The van der Waals surface area contributed by atoms with Crippen molar-refractivity contribution in [1.82, 2.24) is 5.32 Å². The Hall–Kier alpha value is -1.46. The van der Waals surface area contributed by atoms with E-state index in [1.807, 2.05) is 6.07 Å². The zero-order valence-electron chi connectivity index (χ0n) is 13.0. The number of rotatable bonds is 7. The molecule has 1 aliphatic rings. The number of carbonyl (C=O) groups is 1. The molecule has 0 spiro atoms. The number of ether oxygens (including phenoxy) is 1. The molecule has 1 aromatic rings. The van der Waals surface area contributed by atoms with Crippen LogP contribution in [0.15, 0.2) is 24.3 Å². The quantitative estimate of drug-likeness (QED) is 0.811. The third-order valence-corrected chi connectivity index (χ3v) is 4.39. The van der Waals surface area contributed by atoms with E-state index in [2.05, 4.69) is 5.32 Å². The lowest BCUT2D eigenvalue weighted by Crippen LogP contribution is -2.43. The highest BCUT2D eigenvalue weighted by atomic mass is 19.1. The lowest BCUT2D eigenvalue weighted by molar-refractivity contribution is -0.126. The Bertz CT molecular complexity index is 500. The Kier molecular flexibility index (Phi) is 5.91. The number of methoxy groups -OCH3 is 1. The normalized spacial score (nSPS) is 18.1. The maximum Gasteiger partial charge on any atom is 0.230 e. The van der Waals surface area contributed by atoms with Crippen LogP contribution in [-0.2, 0) is 14.9 Å². The van der Waals surface area contributed by atoms with E-state index < -0.39 is 11.5 Å². The van der Waals surface area contributed by atoms with Crippen LogP contribution < -0.4 is 5.32 Å². The van der Waals surface area contributed by atoms with E-state index in [9.17, 15) is 14.3 Å². The van der Waals surface area contributed by atoms with Crippen molar-refractivity contribution in [2.45, 2.75) is 43.6 Å². The lowest BCUT2D eigenvalue weighted by atomic mass is 9.78. The Morgan fingerprint density at radius 1 is 1.45 bits per heavy atom. The average molecular weight is 309 g/mol. The number of hydrogen-bond acceptors (Lipinski definition) is 3. The Morgan fingerprint density at radius 2 is 2.18 bits per heavy atom. The molecule has 0 bridgehead atoms. The summed E-state index contributed by atoms with van der Waals surface area (Å²) in [5, 5.41) is 12.5. The topological polar surface area (TPSA) is 58.6 Å². The molecule has 1 saturated carbocycles. The summed E-state index contributed by atoms with van der Waals surface area (Å²) in [6, 6.07) is 6.34. The minimum Gasteiger partial charge on any atom is -0.391 e. The molecule has 2 rings (SSSR count). The summed E-state index contributed by atoms with van der Waals surface area (Å²) in [6.45, 7) is 0.644. The number of halogens is 1. The molecule has 5 heteroatoms. The van der Waals surface area contributed by atoms with E-state index in [1.165, 1.54) is 19.2 Å². The number of amides is 1. The van der Waals surface area contributed by atoms with Gasteiger partial charge in [0.15, 0.2) is 0 Å². The Balaban J connectivity index is 2.03. The largest absolute Gasteiger partial charge is 0.391 e. The average Bonchev–Trinajstić information content (AvgIpc) is 2.98. The first-order chi connectivity index (χ1) is 10.6. The molecule has 0 heterocycles. The Morgan fingerprint density at radius 3 is 2.82 bits per heavy atom. The first-order valence-corrected chi connectivity index (χ1v) is 7.80. The molecule has 122 valence electrons. The van der Waals surface area contributed by atoms with Gasteiger partial charge in [-0.15, -0.1) is 0 Å². The van der Waals surface area contributed by atoms with Crippen LogP contribution in [0.5, 0.6) is 0 Å². The molecule has 1 aliphatic carbocycles. The predicted molar refractivity (Wildman–Crippen MR) is 82.1 cm³/mol. The van der Waals surface area contributed by atoms with E-state index in [-0.39, 0.29) is 18.3 Å². The highest BCUT2D eigenvalue weighted by Gasteiger charge is 2.42. The van der Waals surface area contributed by atoms with E-state index in [1.54, 1.807) is 6.07 Å². The van der Waals surface area contributed by atoms with Crippen LogP contribution in [-0.4, -0.2) is 37.4 Å². The molecule has 0 aliphatic heterocycles. The fraction of sp³-hybridized carbons (Fsp3) is 0.588. The summed E-state index contributed by atoms with van der Waals surface area (Å²) >= 11 is 0. The lowest BCUT2D eigenvalue weighted by Gasteiger charge is -2.28. The zero-order chi connectivity index (χ0) is 16.0. The van der Waals surface area contributed by atoms with Crippen LogP contribution in [0.2, 0.25) is 0 Å². The van der Waals surface area contributed by atoms with Gasteiger partial charge in [-0.2, -0.15) is 0 Å². The molecular formula is C17H24FNO3. The number of aliphatic hydroxyl groups excluding tert-OH is 1. The van der Waals surface area contributed by atoms with E-state index in [0.29, 0.717) is 13.0 Å². The standard InChI is InChI=1S/C17H24FNO3/c1-22-12-15(20)7-10-19-16(21)17(8-2-3-9-17)13-5-4-6-14(18)11-13/h4-6,11,15,20H,2-3,7-10,12H2,1H3,(H,19,21). The van der Waals surface area contributed by atoms with Crippen LogP contribution in [0.1, 0.15) is 37.7 Å². The smallest absolute Gasteiger partial charge is 0.230 e. The molecule has 1 atom stereocenters. The van der Waals surface area contributed by atoms with Crippen LogP contribution in [0.25, 0.3) is 0 Å². The molecule has 1 fully saturated rings. The van der Waals surface area contributed by atoms with Gasteiger partial charge in [-0.25, -0.2) is 4.39 Å². The molecule has 0 saturated heterocycles. The SMILES string of the molecule is COCC(O)CCNC(=O)C1(c2cccc(F)c2)CCCC1. The molecule has 4 nitrogen and oxygen atoms in total. The van der Waals surface area contributed by atoms with Crippen molar-refractivity contribution in [3.8, 4) is 0 Å². The van der Waals surface area contributed by atoms with Gasteiger partial charge in [0.05, 0.1) is 18.1 Å². The van der Waals surface area contributed by atoms with Gasteiger partial charge in [0.2, 0.25) is 5.91 Å². The molecule has 1 unspecified atom stereocenters. The molecule has 22 heavy (non-hydrogen) atoms. The van der Waals surface area contributed by atoms with Crippen LogP contribution in [0.4, 0.5) is 4.39 Å². The first kappa shape index (κ1) is 16.9. The van der Waals surface area contributed by atoms with Crippen molar-refractivity contribution in [3.63, 3.8) is 0 Å². The molecule has 0 aromatic heterocycles. The maximum atomic E-state index is 13.5. The second-order valence-electron chi connectivity index (χ2n) is 5.95. The number of nitrogens with one attached hydrogen (secondary N) is 1. The van der Waals surface area contributed by atoms with Gasteiger partial charge < -0.3 is 15.2 Å². The molecule has 1 amide bonds. The van der Waals surface area contributed by atoms with Crippen LogP contribution in [0, 0.1) is 5.82 Å². The fourth-order valence-electron chi connectivity index (χ4n) is 3.21. The van der Waals surface area contributed by atoms with E-state index >= 15 is 0 Å². The maximum absolute atomic E-state index is 13.5.